The van der Waals surface area contributed by atoms with Gasteiger partial charge in [0.05, 0.1) is 0 Å². The molecule has 0 amide bonds. The Morgan fingerprint density at radius 3 is 2.43 bits per heavy atom. The molecule has 21 heavy (non-hydrogen) atoms. The van der Waals surface area contributed by atoms with Gasteiger partial charge in [-0.15, -0.1) is 0 Å². The number of para-hydroxylation sites is 1. The van der Waals surface area contributed by atoms with Crippen molar-refractivity contribution < 1.29 is 4.57 Å². The molecule has 3 aromatic rings. The SMILES string of the molecule is CCc1ccc(/C=C/c2sc3ccccc3[n+]2CC)cc1. The molecule has 1 nitrogen and oxygen atoms in total. The molecule has 0 fully saturated rings. The average molecular weight is 294 g/mol. The molecule has 2 aromatic carbocycles. The van der Waals surface area contributed by atoms with Crippen LogP contribution < -0.4 is 4.57 Å². The highest BCUT2D eigenvalue weighted by atomic mass is 32.1. The van der Waals surface area contributed by atoms with Crippen LogP contribution in [0.25, 0.3) is 22.4 Å². The first kappa shape index (κ1) is 14.0. The van der Waals surface area contributed by atoms with Crippen molar-refractivity contribution in [1.29, 1.82) is 0 Å². The fourth-order valence-electron chi connectivity index (χ4n) is 2.54. The third kappa shape index (κ3) is 2.91. The molecule has 0 atom stereocenters. The zero-order chi connectivity index (χ0) is 14.7. The lowest BCUT2D eigenvalue weighted by Crippen LogP contribution is -2.33. The molecule has 0 radical (unpaired) electrons. The summed E-state index contributed by atoms with van der Waals surface area (Å²) >= 11 is 1.85. The van der Waals surface area contributed by atoms with Crippen LogP contribution in [-0.2, 0) is 13.0 Å². The molecule has 0 saturated heterocycles. The van der Waals surface area contributed by atoms with Gasteiger partial charge in [-0.3, -0.25) is 0 Å². The van der Waals surface area contributed by atoms with E-state index in [-0.39, 0.29) is 0 Å². The zero-order valence-corrected chi connectivity index (χ0v) is 13.4. The molecule has 1 aromatic heterocycles. The normalized spacial score (nSPS) is 11.5. The summed E-state index contributed by atoms with van der Waals surface area (Å²) in [5.41, 5.74) is 3.97. The lowest BCUT2D eigenvalue weighted by molar-refractivity contribution is -0.665. The number of fused-ring (bicyclic) bond motifs is 1. The summed E-state index contributed by atoms with van der Waals surface area (Å²) in [5, 5.41) is 1.30. The van der Waals surface area contributed by atoms with E-state index in [1.54, 1.807) is 0 Å². The minimum Gasteiger partial charge on any atom is -0.182 e. The van der Waals surface area contributed by atoms with Crippen molar-refractivity contribution in [3.63, 3.8) is 0 Å². The number of hydrogen-bond acceptors (Lipinski definition) is 1. The zero-order valence-electron chi connectivity index (χ0n) is 12.5. The molecule has 1 heterocycles. The Balaban J connectivity index is 1.94. The Labute approximate surface area is 130 Å². The van der Waals surface area contributed by atoms with Crippen LogP contribution in [0.2, 0.25) is 0 Å². The van der Waals surface area contributed by atoms with Crippen LogP contribution in [0, 0.1) is 0 Å². The second kappa shape index (κ2) is 6.23. The van der Waals surface area contributed by atoms with Crippen LogP contribution in [0.5, 0.6) is 0 Å². The number of thiazole rings is 1. The highest BCUT2D eigenvalue weighted by molar-refractivity contribution is 7.18. The second-order valence-electron chi connectivity index (χ2n) is 5.08. The summed E-state index contributed by atoms with van der Waals surface area (Å²) in [7, 11) is 0. The first-order valence-corrected chi connectivity index (χ1v) is 8.32. The first-order chi connectivity index (χ1) is 10.3. The van der Waals surface area contributed by atoms with Gasteiger partial charge in [0.15, 0.2) is 0 Å². The second-order valence-corrected chi connectivity index (χ2v) is 6.14. The molecule has 0 bridgehead atoms. The molecule has 0 aliphatic carbocycles. The predicted octanol–water partition coefficient (Wildman–Crippen LogP) is 4.94. The lowest BCUT2D eigenvalue weighted by atomic mass is 10.1. The van der Waals surface area contributed by atoms with Crippen LogP contribution in [0.15, 0.2) is 48.5 Å². The van der Waals surface area contributed by atoms with E-state index in [4.69, 9.17) is 0 Å². The summed E-state index contributed by atoms with van der Waals surface area (Å²) in [5.74, 6) is 0. The molecule has 0 N–H and O–H groups in total. The van der Waals surface area contributed by atoms with Crippen molar-refractivity contribution in [2.24, 2.45) is 0 Å². The highest BCUT2D eigenvalue weighted by Gasteiger charge is 2.15. The topological polar surface area (TPSA) is 3.88 Å². The first-order valence-electron chi connectivity index (χ1n) is 7.50. The Bertz CT molecular complexity index is 766. The van der Waals surface area contributed by atoms with Gasteiger partial charge in [0.1, 0.15) is 11.2 Å². The summed E-state index contributed by atoms with van der Waals surface area (Å²) in [6.07, 6.45) is 5.53. The van der Waals surface area contributed by atoms with Crippen molar-refractivity contribution in [2.45, 2.75) is 26.8 Å². The van der Waals surface area contributed by atoms with Crippen molar-refractivity contribution in [1.82, 2.24) is 0 Å². The van der Waals surface area contributed by atoms with Crippen molar-refractivity contribution in [2.75, 3.05) is 0 Å². The van der Waals surface area contributed by atoms with Crippen LogP contribution in [0.1, 0.15) is 30.0 Å². The fraction of sp³-hybridized carbons (Fsp3) is 0.211. The summed E-state index contributed by atoms with van der Waals surface area (Å²) in [6, 6.07) is 17.4. The third-order valence-corrected chi connectivity index (χ3v) is 4.89. The van der Waals surface area contributed by atoms with Crippen LogP contribution in [0.4, 0.5) is 0 Å². The highest BCUT2D eigenvalue weighted by Crippen LogP contribution is 2.21. The van der Waals surface area contributed by atoms with E-state index in [2.05, 4.69) is 79.1 Å². The molecule has 3 rings (SSSR count). The smallest absolute Gasteiger partial charge is 0.182 e. The van der Waals surface area contributed by atoms with Gasteiger partial charge in [-0.1, -0.05) is 54.7 Å². The predicted molar refractivity (Wildman–Crippen MR) is 92.4 cm³/mol. The summed E-state index contributed by atoms with van der Waals surface area (Å²) in [4.78, 5) is 0. The number of benzene rings is 2. The van der Waals surface area contributed by atoms with Crippen molar-refractivity contribution in [3.05, 3.63) is 64.7 Å². The monoisotopic (exact) mass is 294 g/mol. The largest absolute Gasteiger partial charge is 0.262 e. The Kier molecular flexibility index (Phi) is 4.16. The van der Waals surface area contributed by atoms with Crippen molar-refractivity contribution >= 4 is 33.7 Å². The van der Waals surface area contributed by atoms with Gasteiger partial charge in [-0.2, -0.15) is 4.57 Å². The Hall–Kier alpha value is -1.93. The summed E-state index contributed by atoms with van der Waals surface area (Å²) in [6.45, 7) is 5.39. The molecule has 2 heteroatoms. The quantitative estimate of drug-likeness (QED) is 0.600. The number of aromatic nitrogens is 1. The van der Waals surface area contributed by atoms with E-state index in [0.717, 1.165) is 13.0 Å². The molecule has 0 aliphatic heterocycles. The Morgan fingerprint density at radius 1 is 0.952 bits per heavy atom. The van der Waals surface area contributed by atoms with Crippen molar-refractivity contribution in [3.8, 4) is 0 Å². The van der Waals surface area contributed by atoms with E-state index in [0.29, 0.717) is 0 Å². The standard InChI is InChI=1S/C19H20NS/c1-3-15-9-11-16(12-10-15)13-14-19-20(4-2)17-7-5-6-8-18(17)21-19/h5-14H,3-4H2,1-2H3/q+1/b14-13+. The molecular weight excluding hydrogens is 274 g/mol. The van der Waals surface area contributed by atoms with Gasteiger partial charge in [0, 0.05) is 12.1 Å². The van der Waals surface area contributed by atoms with E-state index >= 15 is 0 Å². The van der Waals surface area contributed by atoms with E-state index in [1.807, 2.05) is 11.3 Å². The van der Waals surface area contributed by atoms with Crippen LogP contribution >= 0.6 is 11.3 Å². The average Bonchev–Trinajstić information content (AvgIpc) is 2.91. The maximum absolute atomic E-state index is 2.37. The van der Waals surface area contributed by atoms with Crippen LogP contribution in [0.3, 0.4) is 0 Å². The van der Waals surface area contributed by atoms with Gasteiger partial charge in [0.25, 0.3) is 5.01 Å². The lowest BCUT2D eigenvalue weighted by Gasteiger charge is -1.96. The van der Waals surface area contributed by atoms with Gasteiger partial charge < -0.3 is 0 Å². The number of rotatable bonds is 4. The maximum atomic E-state index is 2.37. The van der Waals surface area contributed by atoms with E-state index in [9.17, 15) is 0 Å². The minimum absolute atomic E-state index is 0.998. The molecule has 0 spiro atoms. The van der Waals surface area contributed by atoms with Gasteiger partial charge in [-0.25, -0.2) is 0 Å². The molecule has 0 unspecified atom stereocenters. The van der Waals surface area contributed by atoms with Gasteiger partial charge in [0.2, 0.25) is 5.52 Å². The fourth-order valence-corrected chi connectivity index (χ4v) is 3.66. The van der Waals surface area contributed by atoms with Gasteiger partial charge >= 0.3 is 0 Å². The molecule has 106 valence electrons. The number of nitrogens with zero attached hydrogens (tertiary/aromatic N) is 1. The molecule has 0 aliphatic rings. The van der Waals surface area contributed by atoms with Crippen LogP contribution in [-0.4, -0.2) is 0 Å². The van der Waals surface area contributed by atoms with E-state index in [1.165, 1.54) is 26.4 Å². The molecule has 0 saturated carbocycles. The Morgan fingerprint density at radius 2 is 1.71 bits per heavy atom. The number of hydrogen-bond donors (Lipinski definition) is 0. The maximum Gasteiger partial charge on any atom is 0.262 e. The minimum atomic E-state index is 0.998. The van der Waals surface area contributed by atoms with Gasteiger partial charge in [-0.05, 0) is 36.6 Å². The number of aryl methyl sites for hydroxylation is 2. The summed E-state index contributed by atoms with van der Waals surface area (Å²) < 4.78 is 3.72. The third-order valence-electron chi connectivity index (χ3n) is 3.76. The van der Waals surface area contributed by atoms with E-state index < -0.39 is 0 Å². The molecular formula is C19H20NS+.